The van der Waals surface area contributed by atoms with Gasteiger partial charge in [-0.25, -0.2) is 0 Å². The van der Waals surface area contributed by atoms with Gasteiger partial charge >= 0.3 is 0 Å². The van der Waals surface area contributed by atoms with Gasteiger partial charge < -0.3 is 15.3 Å². The van der Waals surface area contributed by atoms with Crippen LogP contribution in [0.15, 0.2) is 18.2 Å². The van der Waals surface area contributed by atoms with Crippen LogP contribution >= 0.6 is 23.2 Å². The lowest BCUT2D eigenvalue weighted by Crippen LogP contribution is -2.47. The molecule has 6 heteroatoms. The Morgan fingerprint density at radius 2 is 2.05 bits per heavy atom. The molecule has 0 aliphatic carbocycles. The van der Waals surface area contributed by atoms with E-state index >= 15 is 0 Å². The van der Waals surface area contributed by atoms with Crippen LogP contribution in [0.4, 0.5) is 0 Å². The van der Waals surface area contributed by atoms with E-state index < -0.39 is 5.60 Å². The number of benzene rings is 1. The topological polar surface area (TPSA) is 52.6 Å². The van der Waals surface area contributed by atoms with Gasteiger partial charge in [-0.3, -0.25) is 4.79 Å². The predicted molar refractivity (Wildman–Crippen MR) is 78.0 cm³/mol. The van der Waals surface area contributed by atoms with Crippen LogP contribution in [0.3, 0.4) is 0 Å². The van der Waals surface area contributed by atoms with Gasteiger partial charge in [0.15, 0.2) is 0 Å². The largest absolute Gasteiger partial charge is 0.387 e. The lowest BCUT2D eigenvalue weighted by atomic mass is 10.1. The molecule has 1 aromatic carbocycles. The van der Waals surface area contributed by atoms with Gasteiger partial charge in [0.25, 0.3) is 5.91 Å². The molecule has 0 bridgehead atoms. The van der Waals surface area contributed by atoms with E-state index in [1.165, 1.54) is 6.07 Å². The molecule has 0 heterocycles. The van der Waals surface area contributed by atoms with Gasteiger partial charge in [0, 0.05) is 18.1 Å². The first-order chi connectivity index (χ1) is 8.71. The molecule has 1 aromatic rings. The first-order valence-electron chi connectivity index (χ1n) is 5.82. The number of carbonyl (C=O) groups excluding carboxylic acids is 1. The van der Waals surface area contributed by atoms with Crippen molar-refractivity contribution in [3.63, 3.8) is 0 Å². The fourth-order valence-corrected chi connectivity index (χ4v) is 2.27. The van der Waals surface area contributed by atoms with Crippen molar-refractivity contribution >= 4 is 29.1 Å². The summed E-state index contributed by atoms with van der Waals surface area (Å²) >= 11 is 11.7. The number of likely N-dealkylation sites (N-methyl/N-ethyl adjacent to an activating group) is 1. The smallest absolute Gasteiger partial charge is 0.252 e. The van der Waals surface area contributed by atoms with Crippen LogP contribution in [0.5, 0.6) is 0 Å². The molecule has 2 N–H and O–H groups in total. The number of hydrogen-bond acceptors (Lipinski definition) is 3. The molecular formula is C13H18Cl2N2O2. The Kier molecular flexibility index (Phi) is 5.62. The van der Waals surface area contributed by atoms with Crippen molar-refractivity contribution in [2.45, 2.75) is 12.5 Å². The normalized spacial score (nSPS) is 14.3. The summed E-state index contributed by atoms with van der Waals surface area (Å²) in [6, 6.07) is 4.66. The first-order valence-corrected chi connectivity index (χ1v) is 6.57. The lowest BCUT2D eigenvalue weighted by Gasteiger charge is -2.27. The highest BCUT2D eigenvalue weighted by Gasteiger charge is 2.22. The Labute approximate surface area is 123 Å². The molecular weight excluding hydrogens is 287 g/mol. The molecule has 0 spiro atoms. The molecule has 0 aliphatic heterocycles. The maximum Gasteiger partial charge on any atom is 0.252 e. The molecule has 1 unspecified atom stereocenters. The number of carbonyl (C=O) groups is 1. The summed E-state index contributed by atoms with van der Waals surface area (Å²) in [6.45, 7) is 2.25. The number of amides is 1. The van der Waals surface area contributed by atoms with Gasteiger partial charge in [-0.1, -0.05) is 23.2 Å². The van der Waals surface area contributed by atoms with Crippen LogP contribution < -0.4 is 5.32 Å². The first kappa shape index (κ1) is 16.2. The summed E-state index contributed by atoms with van der Waals surface area (Å²) in [5.74, 6) is -0.333. The zero-order valence-electron chi connectivity index (χ0n) is 11.2. The zero-order chi connectivity index (χ0) is 14.6. The van der Waals surface area contributed by atoms with Crippen molar-refractivity contribution in [2.24, 2.45) is 0 Å². The average molecular weight is 305 g/mol. The zero-order valence-corrected chi connectivity index (χ0v) is 12.7. The summed E-state index contributed by atoms with van der Waals surface area (Å²) in [5.41, 5.74) is -0.662. The van der Waals surface area contributed by atoms with Crippen molar-refractivity contribution in [1.29, 1.82) is 0 Å². The Bertz CT molecular complexity index is 462. The second kappa shape index (κ2) is 6.57. The molecule has 1 amide bonds. The summed E-state index contributed by atoms with van der Waals surface area (Å²) in [4.78, 5) is 13.8. The van der Waals surface area contributed by atoms with Gasteiger partial charge in [-0.05, 0) is 39.2 Å². The molecule has 19 heavy (non-hydrogen) atoms. The van der Waals surface area contributed by atoms with Crippen LogP contribution in [0.2, 0.25) is 10.0 Å². The van der Waals surface area contributed by atoms with Crippen molar-refractivity contribution < 1.29 is 9.90 Å². The van der Waals surface area contributed by atoms with E-state index in [1.807, 2.05) is 19.0 Å². The Balaban J connectivity index is 2.65. The van der Waals surface area contributed by atoms with Gasteiger partial charge in [-0.2, -0.15) is 0 Å². The summed E-state index contributed by atoms with van der Waals surface area (Å²) in [6.07, 6.45) is 0. The average Bonchev–Trinajstić information content (AvgIpc) is 2.24. The highest BCUT2D eigenvalue weighted by Crippen LogP contribution is 2.20. The molecule has 1 atom stereocenters. The van der Waals surface area contributed by atoms with Crippen molar-refractivity contribution in [2.75, 3.05) is 27.2 Å². The Hall–Kier alpha value is -0.810. The Morgan fingerprint density at radius 1 is 1.42 bits per heavy atom. The molecule has 0 saturated heterocycles. The molecule has 106 valence electrons. The molecule has 0 aliphatic rings. The fourth-order valence-electron chi connectivity index (χ4n) is 1.78. The third kappa shape index (κ3) is 5.37. The van der Waals surface area contributed by atoms with Crippen LogP contribution in [0, 0.1) is 0 Å². The minimum atomic E-state index is -1.00. The minimum absolute atomic E-state index is 0.142. The highest BCUT2D eigenvalue weighted by atomic mass is 35.5. The highest BCUT2D eigenvalue weighted by molar-refractivity contribution is 6.36. The van der Waals surface area contributed by atoms with E-state index in [4.69, 9.17) is 23.2 Å². The van der Waals surface area contributed by atoms with E-state index in [0.29, 0.717) is 17.1 Å². The van der Waals surface area contributed by atoms with Crippen LogP contribution in [0.25, 0.3) is 0 Å². The summed E-state index contributed by atoms with van der Waals surface area (Å²) < 4.78 is 0. The maximum absolute atomic E-state index is 11.9. The molecule has 0 aromatic heterocycles. The number of rotatable bonds is 5. The number of nitrogens with one attached hydrogen (secondary N) is 1. The second-order valence-corrected chi connectivity index (χ2v) is 5.89. The van der Waals surface area contributed by atoms with Crippen LogP contribution in [-0.4, -0.2) is 48.7 Å². The maximum atomic E-state index is 11.9. The quantitative estimate of drug-likeness (QED) is 0.875. The van der Waals surface area contributed by atoms with E-state index in [9.17, 15) is 9.90 Å². The van der Waals surface area contributed by atoms with Crippen LogP contribution in [0.1, 0.15) is 17.3 Å². The van der Waals surface area contributed by atoms with E-state index in [1.54, 1.807) is 19.1 Å². The summed E-state index contributed by atoms with van der Waals surface area (Å²) in [7, 11) is 3.71. The molecule has 1 rings (SSSR count). The van der Waals surface area contributed by atoms with E-state index in [2.05, 4.69) is 5.32 Å². The number of aliphatic hydroxyl groups is 1. The minimum Gasteiger partial charge on any atom is -0.387 e. The van der Waals surface area contributed by atoms with Crippen LogP contribution in [-0.2, 0) is 0 Å². The van der Waals surface area contributed by atoms with E-state index in [0.717, 1.165) is 0 Å². The fraction of sp³-hybridized carbons (Fsp3) is 0.462. The third-order valence-corrected chi connectivity index (χ3v) is 3.01. The summed E-state index contributed by atoms with van der Waals surface area (Å²) in [5, 5.41) is 13.5. The van der Waals surface area contributed by atoms with Gasteiger partial charge in [0.2, 0.25) is 0 Å². The molecule has 0 saturated carbocycles. The number of hydrogen-bond donors (Lipinski definition) is 2. The Morgan fingerprint density at radius 3 is 2.58 bits per heavy atom. The van der Waals surface area contributed by atoms with Crippen molar-refractivity contribution in [1.82, 2.24) is 10.2 Å². The van der Waals surface area contributed by atoms with Gasteiger partial charge in [0.1, 0.15) is 0 Å². The monoisotopic (exact) mass is 304 g/mol. The third-order valence-electron chi connectivity index (χ3n) is 2.46. The van der Waals surface area contributed by atoms with E-state index in [-0.39, 0.29) is 17.5 Å². The van der Waals surface area contributed by atoms with Crippen molar-refractivity contribution in [3.8, 4) is 0 Å². The number of halogens is 2. The molecule has 0 fully saturated rings. The molecule has 4 nitrogen and oxygen atoms in total. The lowest BCUT2D eigenvalue weighted by molar-refractivity contribution is 0.0326. The SMILES string of the molecule is CN(C)CC(C)(O)CNC(=O)c1ccc(Cl)cc1Cl. The van der Waals surface area contributed by atoms with Gasteiger partial charge in [-0.15, -0.1) is 0 Å². The standard InChI is InChI=1S/C13H18Cl2N2O2/c1-13(19,8-17(2)3)7-16-12(18)10-5-4-9(14)6-11(10)15/h4-6,19H,7-8H2,1-3H3,(H,16,18). The van der Waals surface area contributed by atoms with Gasteiger partial charge in [0.05, 0.1) is 16.2 Å². The second-order valence-electron chi connectivity index (χ2n) is 5.04. The molecule has 0 radical (unpaired) electrons. The number of nitrogens with zero attached hydrogens (tertiary/aromatic N) is 1. The van der Waals surface area contributed by atoms with Crippen molar-refractivity contribution in [3.05, 3.63) is 33.8 Å². The predicted octanol–water partition coefficient (Wildman–Crippen LogP) is 2.04.